The van der Waals surface area contributed by atoms with Crippen LogP contribution in [0.4, 0.5) is 22.0 Å². The molecular formula is C29H27F5O. The minimum Gasteiger partial charge on any atom is -0.491 e. The van der Waals surface area contributed by atoms with Crippen molar-refractivity contribution in [2.24, 2.45) is 0 Å². The Morgan fingerprint density at radius 2 is 1.57 bits per heavy atom. The van der Waals surface area contributed by atoms with Gasteiger partial charge < -0.3 is 4.74 Å². The number of hydrogen-bond acceptors (Lipinski definition) is 1. The van der Waals surface area contributed by atoms with Crippen molar-refractivity contribution in [3.05, 3.63) is 105 Å². The first-order chi connectivity index (χ1) is 16.8. The number of rotatable bonds is 7. The Labute approximate surface area is 202 Å². The summed E-state index contributed by atoms with van der Waals surface area (Å²) in [6.07, 6.45) is 4.12. The molecule has 0 saturated carbocycles. The van der Waals surface area contributed by atoms with Gasteiger partial charge in [-0.1, -0.05) is 36.4 Å². The summed E-state index contributed by atoms with van der Waals surface area (Å²) in [5.74, 6) is -4.27. The second-order valence-electron chi connectivity index (χ2n) is 8.89. The Kier molecular flexibility index (Phi) is 7.58. The molecule has 0 fully saturated rings. The number of allylic oxidation sites excluding steroid dienone is 2. The molecule has 0 radical (unpaired) electrons. The highest BCUT2D eigenvalue weighted by Gasteiger charge is 2.23. The maximum Gasteiger partial charge on any atom is 0.200 e. The first-order valence-electron chi connectivity index (χ1n) is 11.8. The Balaban J connectivity index is 1.44. The molecular weight excluding hydrogens is 459 g/mol. The van der Waals surface area contributed by atoms with E-state index in [1.165, 1.54) is 25.1 Å². The van der Waals surface area contributed by atoms with Crippen LogP contribution >= 0.6 is 0 Å². The van der Waals surface area contributed by atoms with Crippen molar-refractivity contribution in [2.75, 3.05) is 6.61 Å². The van der Waals surface area contributed by atoms with Crippen LogP contribution in [0.5, 0.6) is 5.75 Å². The van der Waals surface area contributed by atoms with E-state index in [9.17, 15) is 22.0 Å². The van der Waals surface area contributed by atoms with E-state index in [4.69, 9.17) is 4.74 Å². The van der Waals surface area contributed by atoms with Crippen LogP contribution in [-0.2, 0) is 12.8 Å². The van der Waals surface area contributed by atoms with E-state index in [1.807, 2.05) is 12.1 Å². The lowest BCUT2D eigenvalue weighted by molar-refractivity contribution is 0.313. The van der Waals surface area contributed by atoms with E-state index in [2.05, 4.69) is 0 Å². The topological polar surface area (TPSA) is 9.23 Å². The summed E-state index contributed by atoms with van der Waals surface area (Å²) < 4.78 is 76.6. The zero-order valence-electron chi connectivity index (χ0n) is 19.7. The molecule has 0 saturated heterocycles. The monoisotopic (exact) mass is 486 g/mol. The molecule has 0 aliphatic heterocycles. The van der Waals surface area contributed by atoms with Gasteiger partial charge in [0, 0.05) is 0 Å². The Hall–Kier alpha value is -3.15. The molecule has 184 valence electrons. The van der Waals surface area contributed by atoms with Crippen LogP contribution < -0.4 is 4.74 Å². The van der Waals surface area contributed by atoms with Crippen LogP contribution in [0.1, 0.15) is 59.9 Å². The molecule has 1 aliphatic rings. The highest BCUT2D eigenvalue weighted by atomic mass is 19.2. The van der Waals surface area contributed by atoms with Crippen LogP contribution in [0.15, 0.2) is 48.5 Å². The number of ether oxygens (including phenoxy) is 1. The Morgan fingerprint density at radius 3 is 2.26 bits per heavy atom. The van der Waals surface area contributed by atoms with Gasteiger partial charge in [-0.15, -0.1) is 0 Å². The molecule has 0 bridgehead atoms. The molecule has 3 aromatic rings. The second-order valence-corrected chi connectivity index (χ2v) is 8.89. The Bertz CT molecular complexity index is 1260. The zero-order chi connectivity index (χ0) is 25.1. The predicted molar refractivity (Wildman–Crippen MR) is 127 cm³/mol. The lowest BCUT2D eigenvalue weighted by Gasteiger charge is -2.23. The largest absolute Gasteiger partial charge is 0.491 e. The van der Waals surface area contributed by atoms with Crippen molar-refractivity contribution < 1.29 is 26.7 Å². The van der Waals surface area contributed by atoms with E-state index >= 15 is 0 Å². The van der Waals surface area contributed by atoms with E-state index in [0.717, 1.165) is 11.1 Å². The fourth-order valence-corrected chi connectivity index (χ4v) is 4.61. The standard InChI is InChI=1S/C29H27F5O/c1-3-35-25-15-13-21(27(32)29(25)34)11-9-20-10-12-22(16-24(20)30)18-5-7-19(8-6-18)23-14-4-17(2)26(31)28(23)33/h4-5,10,12-16,19H,3,6-9,11H2,1-2H3. The maximum absolute atomic E-state index is 14.8. The lowest BCUT2D eigenvalue weighted by atomic mass is 9.82. The fourth-order valence-electron chi connectivity index (χ4n) is 4.61. The summed E-state index contributed by atoms with van der Waals surface area (Å²) >= 11 is 0. The molecule has 0 amide bonds. The highest BCUT2D eigenvalue weighted by molar-refractivity contribution is 5.67. The number of benzene rings is 3. The highest BCUT2D eigenvalue weighted by Crippen LogP contribution is 2.38. The van der Waals surface area contributed by atoms with Gasteiger partial charge in [0.05, 0.1) is 6.61 Å². The van der Waals surface area contributed by atoms with Crippen molar-refractivity contribution in [1.82, 2.24) is 0 Å². The van der Waals surface area contributed by atoms with Gasteiger partial charge in [-0.05, 0) is 97.4 Å². The van der Waals surface area contributed by atoms with Gasteiger partial charge in [-0.25, -0.2) is 17.6 Å². The average molecular weight is 487 g/mol. The molecule has 1 aliphatic carbocycles. The summed E-state index contributed by atoms with van der Waals surface area (Å²) in [5, 5.41) is 0. The van der Waals surface area contributed by atoms with Crippen LogP contribution in [0.2, 0.25) is 0 Å². The molecule has 0 heterocycles. The van der Waals surface area contributed by atoms with Crippen molar-refractivity contribution in [3.63, 3.8) is 0 Å². The van der Waals surface area contributed by atoms with Gasteiger partial charge in [-0.2, -0.15) is 4.39 Å². The molecule has 0 aromatic heterocycles. The quantitative estimate of drug-likeness (QED) is 0.306. The maximum atomic E-state index is 14.8. The summed E-state index contributed by atoms with van der Waals surface area (Å²) in [5.41, 5.74) is 2.93. The van der Waals surface area contributed by atoms with Crippen molar-refractivity contribution in [3.8, 4) is 5.75 Å². The normalized spacial score (nSPS) is 15.7. The van der Waals surface area contributed by atoms with Gasteiger partial charge >= 0.3 is 0 Å². The molecule has 1 unspecified atom stereocenters. The third-order valence-corrected chi connectivity index (χ3v) is 6.67. The van der Waals surface area contributed by atoms with Crippen LogP contribution in [-0.4, -0.2) is 6.61 Å². The number of aryl methyl sites for hydroxylation is 3. The van der Waals surface area contributed by atoms with Gasteiger partial charge in [0.1, 0.15) is 5.82 Å². The number of hydrogen-bond donors (Lipinski definition) is 0. The van der Waals surface area contributed by atoms with E-state index in [0.29, 0.717) is 30.4 Å². The molecule has 4 rings (SSSR count). The fraction of sp³-hybridized carbons (Fsp3) is 0.310. The van der Waals surface area contributed by atoms with E-state index < -0.39 is 29.1 Å². The zero-order valence-corrected chi connectivity index (χ0v) is 19.7. The average Bonchev–Trinajstić information content (AvgIpc) is 2.86. The SMILES string of the molecule is CCOc1ccc(CCc2ccc(C3=CCC(c4ccc(C)c(F)c4F)CC3)cc2F)c(F)c1F. The molecule has 0 N–H and O–H groups in total. The van der Waals surface area contributed by atoms with E-state index in [-0.39, 0.29) is 42.2 Å². The van der Waals surface area contributed by atoms with Gasteiger partial charge in [0.2, 0.25) is 5.82 Å². The minimum atomic E-state index is -1.03. The van der Waals surface area contributed by atoms with Gasteiger partial charge in [0.15, 0.2) is 23.2 Å². The first-order valence-corrected chi connectivity index (χ1v) is 11.8. The summed E-state index contributed by atoms with van der Waals surface area (Å²) in [4.78, 5) is 0. The van der Waals surface area contributed by atoms with Gasteiger partial charge in [0.25, 0.3) is 0 Å². The summed E-state index contributed by atoms with van der Waals surface area (Å²) in [6.45, 7) is 3.45. The van der Waals surface area contributed by atoms with Crippen LogP contribution in [0, 0.1) is 36.0 Å². The molecule has 6 heteroatoms. The van der Waals surface area contributed by atoms with Crippen molar-refractivity contribution in [1.29, 1.82) is 0 Å². The molecule has 3 aromatic carbocycles. The van der Waals surface area contributed by atoms with Crippen molar-refractivity contribution >= 4 is 5.57 Å². The summed E-state index contributed by atoms with van der Waals surface area (Å²) in [7, 11) is 0. The second kappa shape index (κ2) is 10.6. The molecule has 0 spiro atoms. The third kappa shape index (κ3) is 5.26. The molecule has 1 nitrogen and oxygen atoms in total. The number of halogens is 5. The predicted octanol–water partition coefficient (Wildman–Crippen LogP) is 8.23. The third-order valence-electron chi connectivity index (χ3n) is 6.67. The van der Waals surface area contributed by atoms with Crippen LogP contribution in [0.3, 0.4) is 0 Å². The smallest absolute Gasteiger partial charge is 0.200 e. The molecule has 35 heavy (non-hydrogen) atoms. The molecule has 1 atom stereocenters. The Morgan fingerprint density at radius 1 is 0.829 bits per heavy atom. The minimum absolute atomic E-state index is 0.123. The summed E-state index contributed by atoms with van der Waals surface area (Å²) in [6, 6.07) is 11.0. The van der Waals surface area contributed by atoms with Crippen LogP contribution in [0.25, 0.3) is 5.57 Å². The van der Waals surface area contributed by atoms with Gasteiger partial charge in [-0.3, -0.25) is 0 Å². The first kappa shape index (κ1) is 25.0. The lowest BCUT2D eigenvalue weighted by Crippen LogP contribution is -2.08. The van der Waals surface area contributed by atoms with Crippen molar-refractivity contribution in [2.45, 2.75) is 51.9 Å². The van der Waals surface area contributed by atoms with E-state index in [1.54, 1.807) is 25.1 Å².